The van der Waals surface area contributed by atoms with Crippen LogP contribution < -0.4 is 10.0 Å². The quantitative estimate of drug-likeness (QED) is 0.483. The number of rotatable bonds is 7. The van der Waals surface area contributed by atoms with Crippen LogP contribution in [0.5, 0.6) is 0 Å². The Labute approximate surface area is 210 Å². The number of nitrogens with one attached hydrogen (secondary N) is 2. The first-order chi connectivity index (χ1) is 16.9. The fraction of sp³-hybridized carbons (Fsp3) is 0.346. The van der Waals surface area contributed by atoms with Crippen LogP contribution in [-0.4, -0.2) is 35.8 Å². The van der Waals surface area contributed by atoms with Gasteiger partial charge in [0.15, 0.2) is 0 Å². The van der Waals surface area contributed by atoms with E-state index in [1.54, 1.807) is 52.8 Å². The van der Waals surface area contributed by atoms with Gasteiger partial charge in [-0.2, -0.15) is 0 Å². The number of benzene rings is 1. The summed E-state index contributed by atoms with van der Waals surface area (Å²) in [5.74, 6) is -0.636. The summed E-state index contributed by atoms with van der Waals surface area (Å²) in [6, 6.07) is 9.27. The maximum absolute atomic E-state index is 14.3. The highest BCUT2D eigenvalue weighted by atomic mass is 32.2. The van der Waals surface area contributed by atoms with E-state index in [1.807, 2.05) is 30.3 Å². The molecule has 0 bridgehead atoms. The second kappa shape index (κ2) is 9.42. The molecule has 2 aromatic heterocycles. The van der Waals surface area contributed by atoms with Crippen LogP contribution in [0.1, 0.15) is 49.4 Å². The van der Waals surface area contributed by atoms with Crippen molar-refractivity contribution >= 4 is 27.4 Å². The maximum atomic E-state index is 14.3. The van der Waals surface area contributed by atoms with Crippen molar-refractivity contribution in [1.29, 1.82) is 0 Å². The van der Waals surface area contributed by atoms with Crippen molar-refractivity contribution in [1.82, 2.24) is 15.5 Å². The second-order valence-electron chi connectivity index (χ2n) is 9.90. The molecule has 10 heteroatoms. The SMILES string of the molecule is Cc1noc(NS(=O)(=O)C2(CNC(=O)C(C)(C)C)C=C(c3ncco3)C=CC2c2ccccc2)c1C. The van der Waals surface area contributed by atoms with Gasteiger partial charge < -0.3 is 14.3 Å². The molecule has 0 saturated carbocycles. The number of carbonyl (C=O) groups is 1. The molecule has 1 aliphatic carbocycles. The van der Waals surface area contributed by atoms with Gasteiger partial charge in [0.25, 0.3) is 0 Å². The summed E-state index contributed by atoms with van der Waals surface area (Å²) in [5.41, 5.74) is 1.66. The lowest BCUT2D eigenvalue weighted by atomic mass is 9.79. The Morgan fingerprint density at radius 1 is 1.17 bits per heavy atom. The van der Waals surface area contributed by atoms with Gasteiger partial charge >= 0.3 is 0 Å². The largest absolute Gasteiger partial charge is 0.445 e. The third kappa shape index (κ3) is 4.73. The van der Waals surface area contributed by atoms with Gasteiger partial charge in [-0.15, -0.1) is 0 Å². The second-order valence-corrected chi connectivity index (χ2v) is 11.9. The Bertz CT molecular complexity index is 1400. The molecule has 190 valence electrons. The number of anilines is 1. The molecule has 1 aliphatic rings. The number of amides is 1. The molecular weight excluding hydrogens is 480 g/mol. The van der Waals surface area contributed by atoms with Crippen molar-refractivity contribution in [2.45, 2.75) is 45.3 Å². The Balaban J connectivity index is 1.91. The first kappa shape index (κ1) is 25.4. The van der Waals surface area contributed by atoms with Crippen LogP contribution in [0.15, 0.2) is 70.0 Å². The van der Waals surface area contributed by atoms with E-state index in [4.69, 9.17) is 8.94 Å². The van der Waals surface area contributed by atoms with Gasteiger partial charge in [-0.1, -0.05) is 68.4 Å². The van der Waals surface area contributed by atoms with E-state index in [0.29, 0.717) is 16.8 Å². The molecule has 2 N–H and O–H groups in total. The minimum absolute atomic E-state index is 0.0291. The Morgan fingerprint density at radius 3 is 2.47 bits per heavy atom. The molecule has 3 aromatic rings. The smallest absolute Gasteiger partial charge is 0.247 e. The van der Waals surface area contributed by atoms with E-state index in [-0.39, 0.29) is 24.2 Å². The van der Waals surface area contributed by atoms with Crippen LogP contribution in [0, 0.1) is 19.3 Å². The number of hydrogen-bond acceptors (Lipinski definition) is 7. The van der Waals surface area contributed by atoms with Crippen LogP contribution >= 0.6 is 0 Å². The minimum Gasteiger partial charge on any atom is -0.445 e. The summed E-state index contributed by atoms with van der Waals surface area (Å²) < 4.78 is 40.4. The molecule has 1 amide bonds. The highest BCUT2D eigenvalue weighted by Crippen LogP contribution is 2.44. The van der Waals surface area contributed by atoms with Gasteiger partial charge in [0.2, 0.25) is 27.7 Å². The number of oxazole rings is 1. The highest BCUT2D eigenvalue weighted by molar-refractivity contribution is 7.94. The van der Waals surface area contributed by atoms with Crippen molar-refractivity contribution in [3.8, 4) is 0 Å². The first-order valence-electron chi connectivity index (χ1n) is 11.5. The van der Waals surface area contributed by atoms with Crippen LogP contribution in [0.3, 0.4) is 0 Å². The lowest BCUT2D eigenvalue weighted by Crippen LogP contribution is -2.55. The minimum atomic E-state index is -4.27. The first-order valence-corrected chi connectivity index (χ1v) is 13.0. The number of allylic oxidation sites excluding steroid dienone is 3. The molecule has 1 aromatic carbocycles. The summed E-state index contributed by atoms with van der Waals surface area (Å²) in [4.78, 5) is 17.1. The molecule has 0 saturated heterocycles. The summed E-state index contributed by atoms with van der Waals surface area (Å²) in [5, 5.41) is 6.76. The average Bonchev–Trinajstić information content (AvgIpc) is 3.48. The van der Waals surface area contributed by atoms with E-state index in [9.17, 15) is 13.2 Å². The zero-order valence-electron chi connectivity index (χ0n) is 20.9. The lowest BCUT2D eigenvalue weighted by Gasteiger charge is -2.39. The summed E-state index contributed by atoms with van der Waals surface area (Å²) in [6.45, 7) is 8.55. The average molecular weight is 511 g/mol. The number of hydrogen-bond donors (Lipinski definition) is 2. The number of carbonyl (C=O) groups excluding carboxylic acids is 1. The van der Waals surface area contributed by atoms with Crippen molar-refractivity contribution in [3.63, 3.8) is 0 Å². The van der Waals surface area contributed by atoms with Crippen molar-refractivity contribution in [3.05, 3.63) is 83.7 Å². The van der Waals surface area contributed by atoms with Gasteiger partial charge in [-0.3, -0.25) is 4.79 Å². The van der Waals surface area contributed by atoms with E-state index >= 15 is 0 Å². The van der Waals surface area contributed by atoms with E-state index in [1.165, 1.54) is 12.5 Å². The predicted octanol–water partition coefficient (Wildman–Crippen LogP) is 4.36. The van der Waals surface area contributed by atoms with Crippen molar-refractivity contribution in [2.75, 3.05) is 11.3 Å². The molecule has 2 atom stereocenters. The third-order valence-electron chi connectivity index (χ3n) is 6.32. The van der Waals surface area contributed by atoms with Gasteiger partial charge in [-0.05, 0) is 25.5 Å². The van der Waals surface area contributed by atoms with Crippen LogP contribution in [0.4, 0.5) is 5.88 Å². The lowest BCUT2D eigenvalue weighted by molar-refractivity contribution is -0.128. The Kier molecular flexibility index (Phi) is 6.66. The fourth-order valence-corrected chi connectivity index (χ4v) is 5.75. The standard InChI is InChI=1S/C26H30N4O5S/c1-17-18(2)29-35-22(17)30-36(32,33)26(16-28-24(31)25(3,4)5)15-20(23-27-13-14-34-23)11-12-21(26)19-9-7-6-8-10-19/h6-15,21,30H,16H2,1-5H3,(H,28,31). The molecule has 0 radical (unpaired) electrons. The number of aryl methyl sites for hydroxylation is 1. The van der Waals surface area contributed by atoms with Crippen LogP contribution in [-0.2, 0) is 14.8 Å². The normalized spacial score (nSPS) is 20.1. The zero-order valence-corrected chi connectivity index (χ0v) is 21.7. The van der Waals surface area contributed by atoms with E-state index < -0.39 is 26.1 Å². The van der Waals surface area contributed by atoms with E-state index in [2.05, 4.69) is 20.2 Å². The van der Waals surface area contributed by atoms with Gasteiger partial charge in [0.05, 0.1) is 11.9 Å². The van der Waals surface area contributed by atoms with E-state index in [0.717, 1.165) is 5.56 Å². The summed E-state index contributed by atoms with van der Waals surface area (Å²) >= 11 is 0. The van der Waals surface area contributed by atoms with Gasteiger partial charge in [0, 0.05) is 29.0 Å². The number of aromatic nitrogens is 2. The van der Waals surface area contributed by atoms with Crippen LogP contribution in [0.25, 0.3) is 5.57 Å². The topological polar surface area (TPSA) is 127 Å². The summed E-state index contributed by atoms with van der Waals surface area (Å²) in [6.07, 6.45) is 8.09. The molecule has 4 rings (SSSR count). The van der Waals surface area contributed by atoms with Crippen molar-refractivity contribution < 1.29 is 22.2 Å². The van der Waals surface area contributed by atoms with Gasteiger partial charge in [0.1, 0.15) is 11.0 Å². The predicted molar refractivity (Wildman–Crippen MR) is 137 cm³/mol. The molecule has 36 heavy (non-hydrogen) atoms. The van der Waals surface area contributed by atoms with Crippen molar-refractivity contribution in [2.24, 2.45) is 5.41 Å². The number of sulfonamides is 1. The van der Waals surface area contributed by atoms with Crippen LogP contribution in [0.2, 0.25) is 0 Å². The molecule has 0 aliphatic heterocycles. The maximum Gasteiger partial charge on any atom is 0.247 e. The van der Waals surface area contributed by atoms with Gasteiger partial charge in [-0.25, -0.2) is 18.1 Å². The Hall–Kier alpha value is -3.66. The molecular formula is C26H30N4O5S. The molecule has 9 nitrogen and oxygen atoms in total. The molecule has 2 unspecified atom stereocenters. The third-order valence-corrected chi connectivity index (χ3v) is 8.29. The highest BCUT2D eigenvalue weighted by Gasteiger charge is 2.51. The summed E-state index contributed by atoms with van der Waals surface area (Å²) in [7, 11) is -4.27. The monoisotopic (exact) mass is 510 g/mol. The molecule has 2 heterocycles. The zero-order chi connectivity index (χ0) is 26.1. The molecule has 0 fully saturated rings. The fourth-order valence-electron chi connectivity index (χ4n) is 4.03. The molecule has 0 spiro atoms. The number of nitrogens with zero attached hydrogens (tertiary/aromatic N) is 2. The Morgan fingerprint density at radius 2 is 1.89 bits per heavy atom.